The monoisotopic (exact) mass is 559 g/mol. The van der Waals surface area contributed by atoms with Crippen molar-refractivity contribution in [2.45, 2.75) is 24.3 Å². The SMILES string of the molecule is O=S(=O)([O-])CCCC[n+]1c(/C=C2\Sc3ccc(Cl)cc3N2OO[O-])oc2ccc(-c3ccccc3)cc21. The molecule has 0 radical (unpaired) electrons. The summed E-state index contributed by atoms with van der Waals surface area (Å²) in [6.07, 6.45) is 2.33. The van der Waals surface area contributed by atoms with Crippen LogP contribution < -0.4 is 14.9 Å². The van der Waals surface area contributed by atoms with E-state index in [1.54, 1.807) is 24.3 Å². The Kier molecular flexibility index (Phi) is 7.54. The van der Waals surface area contributed by atoms with Crippen molar-refractivity contribution in [2.75, 3.05) is 10.8 Å². The predicted molar refractivity (Wildman–Crippen MR) is 136 cm³/mol. The van der Waals surface area contributed by atoms with Crippen molar-refractivity contribution in [1.82, 2.24) is 0 Å². The van der Waals surface area contributed by atoms with Gasteiger partial charge in [0.25, 0.3) is 5.52 Å². The number of benzene rings is 3. The molecule has 0 unspecified atom stereocenters. The van der Waals surface area contributed by atoms with Crippen LogP contribution in [0.25, 0.3) is 28.3 Å². The summed E-state index contributed by atoms with van der Waals surface area (Å²) in [7, 11) is -4.30. The number of aromatic nitrogens is 1. The number of oxazole rings is 1. The van der Waals surface area contributed by atoms with Crippen LogP contribution in [-0.4, -0.2) is 18.7 Å². The van der Waals surface area contributed by atoms with Crippen LogP contribution >= 0.6 is 23.4 Å². The van der Waals surface area contributed by atoms with Crippen LogP contribution in [-0.2, 0) is 26.7 Å². The Hall–Kier alpha value is -2.90. The summed E-state index contributed by atoms with van der Waals surface area (Å²) >= 11 is 7.45. The highest BCUT2D eigenvalue weighted by atomic mass is 35.5. The number of thioether (sulfide) groups is 1. The van der Waals surface area contributed by atoms with E-state index in [2.05, 4.69) is 5.04 Å². The van der Waals surface area contributed by atoms with Crippen LogP contribution in [0.1, 0.15) is 18.7 Å². The Morgan fingerprint density at radius 1 is 1.05 bits per heavy atom. The Labute approximate surface area is 222 Å². The summed E-state index contributed by atoms with van der Waals surface area (Å²) < 4.78 is 41.3. The van der Waals surface area contributed by atoms with Crippen molar-refractivity contribution in [2.24, 2.45) is 0 Å². The van der Waals surface area contributed by atoms with Gasteiger partial charge in [-0.3, -0.25) is 5.04 Å². The molecule has 12 heteroatoms. The van der Waals surface area contributed by atoms with Gasteiger partial charge in [-0.15, -0.1) is 4.99 Å². The van der Waals surface area contributed by atoms with E-state index in [9.17, 15) is 18.2 Å². The molecule has 37 heavy (non-hydrogen) atoms. The third kappa shape index (κ3) is 5.83. The number of nitrogens with zero attached hydrogens (tertiary/aromatic N) is 2. The molecule has 4 aromatic rings. The van der Waals surface area contributed by atoms with Gasteiger partial charge in [-0.05, 0) is 41.8 Å². The third-order valence-corrected chi connectivity index (χ3v) is 7.85. The lowest BCUT2D eigenvalue weighted by molar-refractivity contribution is -0.800. The number of hydrogen-bond donors (Lipinski definition) is 0. The van der Waals surface area contributed by atoms with Crippen molar-refractivity contribution in [1.29, 1.82) is 0 Å². The van der Waals surface area contributed by atoms with E-state index in [1.165, 1.54) is 16.8 Å². The first-order valence-electron chi connectivity index (χ1n) is 11.2. The number of unbranched alkanes of at least 4 members (excludes halogenated alkanes) is 1. The van der Waals surface area contributed by atoms with Crippen molar-refractivity contribution >= 4 is 56.3 Å². The minimum Gasteiger partial charge on any atom is -0.748 e. The zero-order valence-electron chi connectivity index (χ0n) is 19.2. The van der Waals surface area contributed by atoms with Crippen molar-refractivity contribution in [3.05, 3.63) is 82.7 Å². The number of hydroxylamine groups is 1. The van der Waals surface area contributed by atoms with Gasteiger partial charge in [-0.1, -0.05) is 59.8 Å². The highest BCUT2D eigenvalue weighted by Crippen LogP contribution is 2.47. The lowest BCUT2D eigenvalue weighted by atomic mass is 10.1. The summed E-state index contributed by atoms with van der Waals surface area (Å²) in [4.78, 5) is 5.67. The van der Waals surface area contributed by atoms with E-state index < -0.39 is 15.9 Å². The standard InChI is InChI=1S/C25H21ClN2O7S2/c26-19-9-11-23-21(15-19)28(34-35-29)25(36-23)16-24-27(12-4-5-13-37(30,31)32)20-14-18(8-10-22(20)33-24)17-6-2-1-3-7-17/h1-3,6-11,14-16H,4-5,12-13H2,(H-,29,30,31,32)/p-1. The van der Waals surface area contributed by atoms with Crippen molar-refractivity contribution in [3.8, 4) is 11.1 Å². The van der Waals surface area contributed by atoms with Gasteiger partial charge in [0.2, 0.25) is 5.58 Å². The summed E-state index contributed by atoms with van der Waals surface area (Å²) in [5.74, 6) is -0.00486. The molecule has 1 aromatic heterocycles. The maximum absolute atomic E-state index is 11.1. The molecule has 0 N–H and O–H groups in total. The average molecular weight is 560 g/mol. The van der Waals surface area contributed by atoms with E-state index in [0.717, 1.165) is 21.5 Å². The van der Waals surface area contributed by atoms with Gasteiger partial charge in [0.1, 0.15) is 5.03 Å². The van der Waals surface area contributed by atoms with Gasteiger partial charge in [0.05, 0.1) is 21.9 Å². The molecule has 9 nitrogen and oxygen atoms in total. The van der Waals surface area contributed by atoms with E-state index in [0.29, 0.717) is 40.2 Å². The van der Waals surface area contributed by atoms with E-state index in [1.807, 2.05) is 53.1 Å². The first-order valence-corrected chi connectivity index (χ1v) is 14.0. The molecule has 0 spiro atoms. The number of rotatable bonds is 9. The highest BCUT2D eigenvalue weighted by Gasteiger charge is 2.30. The quantitative estimate of drug-likeness (QED) is 0.0965. The third-order valence-electron chi connectivity index (χ3n) is 5.77. The Bertz CT molecular complexity index is 1570. The summed E-state index contributed by atoms with van der Waals surface area (Å²) in [6, 6.07) is 20.8. The molecule has 2 heterocycles. The predicted octanol–water partition coefficient (Wildman–Crippen LogP) is 4.42. The Morgan fingerprint density at radius 3 is 2.62 bits per heavy atom. The maximum atomic E-state index is 11.1. The van der Waals surface area contributed by atoms with Gasteiger partial charge < -0.3 is 14.2 Å². The summed E-state index contributed by atoms with van der Waals surface area (Å²) in [5, 5.41) is 16.8. The smallest absolute Gasteiger partial charge is 0.376 e. The molecule has 0 fully saturated rings. The van der Waals surface area contributed by atoms with Crippen molar-refractivity contribution < 1.29 is 37.2 Å². The number of fused-ring (bicyclic) bond motifs is 2. The fraction of sp³-hybridized carbons (Fsp3) is 0.160. The molecule has 3 aromatic carbocycles. The van der Waals surface area contributed by atoms with Crippen LogP contribution in [0.4, 0.5) is 5.69 Å². The summed E-state index contributed by atoms with van der Waals surface area (Å²) in [5.41, 5.74) is 3.94. The van der Waals surface area contributed by atoms with E-state index >= 15 is 0 Å². The van der Waals surface area contributed by atoms with Crippen LogP contribution in [0.2, 0.25) is 5.02 Å². The zero-order valence-corrected chi connectivity index (χ0v) is 21.6. The molecule has 0 atom stereocenters. The summed E-state index contributed by atoms with van der Waals surface area (Å²) in [6.45, 7) is 0.391. The normalized spacial score (nSPS) is 14.6. The Morgan fingerprint density at radius 2 is 1.86 bits per heavy atom. The van der Waals surface area contributed by atoms with Crippen LogP contribution in [0, 0.1) is 0 Å². The second-order valence-corrected chi connectivity index (χ2v) is 11.3. The minimum absolute atomic E-state index is 0.206. The van der Waals surface area contributed by atoms with Gasteiger partial charge in [0.15, 0.2) is 6.54 Å². The lowest BCUT2D eigenvalue weighted by Crippen LogP contribution is -2.36. The van der Waals surface area contributed by atoms with E-state index in [4.69, 9.17) is 21.0 Å². The second kappa shape index (κ2) is 10.8. The highest BCUT2D eigenvalue weighted by molar-refractivity contribution is 8.03. The van der Waals surface area contributed by atoms with Crippen LogP contribution in [0.15, 0.2) is 81.1 Å². The molecule has 0 saturated carbocycles. The first kappa shape index (κ1) is 25.7. The lowest BCUT2D eigenvalue weighted by Gasteiger charge is -2.18. The van der Waals surface area contributed by atoms with Gasteiger partial charge >= 0.3 is 5.89 Å². The molecule has 5 rings (SSSR count). The van der Waals surface area contributed by atoms with Crippen LogP contribution in [0.3, 0.4) is 0 Å². The molecule has 0 aliphatic carbocycles. The largest absolute Gasteiger partial charge is 0.748 e. The topological polar surface area (TPSA) is 119 Å². The molecule has 0 bridgehead atoms. The molecule has 0 saturated heterocycles. The minimum atomic E-state index is -4.30. The molecule has 1 aliphatic heterocycles. The number of hydrogen-bond acceptors (Lipinski definition) is 9. The maximum Gasteiger partial charge on any atom is 0.376 e. The Balaban J connectivity index is 1.56. The molecular weight excluding hydrogens is 540 g/mol. The van der Waals surface area contributed by atoms with Crippen LogP contribution in [0.5, 0.6) is 0 Å². The molecule has 0 amide bonds. The fourth-order valence-electron chi connectivity index (χ4n) is 4.11. The van der Waals surface area contributed by atoms with Gasteiger partial charge in [0, 0.05) is 28.2 Å². The number of aryl methyl sites for hydroxylation is 1. The van der Waals surface area contributed by atoms with Gasteiger partial charge in [-0.25, -0.2) is 8.42 Å². The number of anilines is 1. The van der Waals surface area contributed by atoms with E-state index in [-0.39, 0.29) is 6.42 Å². The average Bonchev–Trinajstić information content (AvgIpc) is 3.39. The first-order chi connectivity index (χ1) is 17.8. The van der Waals surface area contributed by atoms with Gasteiger partial charge in [-0.2, -0.15) is 9.63 Å². The number of halogens is 1. The fourth-order valence-corrected chi connectivity index (χ4v) is 5.81. The van der Waals surface area contributed by atoms with Crippen molar-refractivity contribution in [3.63, 3.8) is 0 Å². The second-order valence-electron chi connectivity index (χ2n) is 8.24. The molecule has 1 aliphatic rings. The zero-order chi connectivity index (χ0) is 26.0. The molecule has 192 valence electrons. The molecular formula is C25H20ClN2O7S2-.